The SMILES string of the molecule is CN=C(NCCCn1cccn1)NCC1(c2ccccc2)CCCC1.I. The van der Waals surface area contributed by atoms with E-state index < -0.39 is 0 Å². The average molecular weight is 467 g/mol. The predicted octanol–water partition coefficient (Wildman–Crippen LogP) is 3.57. The van der Waals surface area contributed by atoms with Gasteiger partial charge in [-0.25, -0.2) is 0 Å². The lowest BCUT2D eigenvalue weighted by Crippen LogP contribution is -2.45. The van der Waals surface area contributed by atoms with E-state index in [4.69, 9.17) is 0 Å². The van der Waals surface area contributed by atoms with E-state index in [2.05, 4.69) is 51.1 Å². The standard InChI is InChI=1S/C20H29N5.HI/c1-21-19(22-13-7-15-25-16-8-14-24-25)23-17-20(11-5-6-12-20)18-9-3-2-4-10-18;/h2-4,8-10,14,16H,5-7,11-13,15,17H2,1H3,(H2,21,22,23);1H. The second kappa shape index (κ2) is 10.5. The van der Waals surface area contributed by atoms with Crippen LogP contribution in [0.25, 0.3) is 0 Å². The second-order valence-corrected chi connectivity index (χ2v) is 6.83. The van der Waals surface area contributed by atoms with Gasteiger partial charge >= 0.3 is 0 Å². The Morgan fingerprint density at radius 1 is 1.15 bits per heavy atom. The van der Waals surface area contributed by atoms with Gasteiger partial charge in [0.2, 0.25) is 0 Å². The van der Waals surface area contributed by atoms with Gasteiger partial charge in [-0.1, -0.05) is 43.2 Å². The molecule has 0 unspecified atom stereocenters. The lowest BCUT2D eigenvalue weighted by molar-refractivity contribution is 0.431. The van der Waals surface area contributed by atoms with Crippen molar-refractivity contribution in [1.29, 1.82) is 0 Å². The molecule has 3 rings (SSSR count). The summed E-state index contributed by atoms with van der Waals surface area (Å²) in [6.07, 6.45) is 9.96. The van der Waals surface area contributed by atoms with Crippen LogP contribution in [0.4, 0.5) is 0 Å². The minimum Gasteiger partial charge on any atom is -0.356 e. The van der Waals surface area contributed by atoms with Crippen LogP contribution in [0.2, 0.25) is 0 Å². The number of halogens is 1. The van der Waals surface area contributed by atoms with E-state index in [0.717, 1.165) is 32.0 Å². The van der Waals surface area contributed by atoms with E-state index >= 15 is 0 Å². The molecule has 6 heteroatoms. The number of aryl methyl sites for hydroxylation is 1. The fraction of sp³-hybridized carbons (Fsp3) is 0.500. The molecule has 2 aromatic rings. The van der Waals surface area contributed by atoms with Gasteiger partial charge in [0.05, 0.1) is 0 Å². The van der Waals surface area contributed by atoms with Crippen LogP contribution in [0.5, 0.6) is 0 Å². The third-order valence-electron chi connectivity index (χ3n) is 5.18. The number of aliphatic imine (C=N–C) groups is 1. The monoisotopic (exact) mass is 467 g/mol. The first kappa shape index (κ1) is 20.7. The van der Waals surface area contributed by atoms with Crippen LogP contribution >= 0.6 is 24.0 Å². The normalized spacial score (nSPS) is 16.1. The Morgan fingerprint density at radius 3 is 2.58 bits per heavy atom. The van der Waals surface area contributed by atoms with Gasteiger partial charge in [-0.15, -0.1) is 24.0 Å². The summed E-state index contributed by atoms with van der Waals surface area (Å²) in [4.78, 5) is 4.38. The van der Waals surface area contributed by atoms with Crippen LogP contribution in [0.3, 0.4) is 0 Å². The highest BCUT2D eigenvalue weighted by Gasteiger charge is 2.35. The molecule has 142 valence electrons. The van der Waals surface area contributed by atoms with E-state index in [1.807, 2.05) is 30.2 Å². The minimum absolute atomic E-state index is 0. The first-order chi connectivity index (χ1) is 12.3. The van der Waals surface area contributed by atoms with Crippen molar-refractivity contribution in [3.05, 3.63) is 54.4 Å². The van der Waals surface area contributed by atoms with Crippen molar-refractivity contribution in [2.45, 2.75) is 44.1 Å². The quantitative estimate of drug-likeness (QED) is 0.284. The molecule has 5 nitrogen and oxygen atoms in total. The van der Waals surface area contributed by atoms with Crippen molar-refractivity contribution in [2.75, 3.05) is 20.1 Å². The maximum absolute atomic E-state index is 4.38. The van der Waals surface area contributed by atoms with Crippen molar-refractivity contribution in [3.8, 4) is 0 Å². The zero-order valence-corrected chi connectivity index (χ0v) is 17.9. The second-order valence-electron chi connectivity index (χ2n) is 6.83. The molecule has 1 fully saturated rings. The highest BCUT2D eigenvalue weighted by atomic mass is 127. The van der Waals surface area contributed by atoms with E-state index in [0.29, 0.717) is 0 Å². The third-order valence-corrected chi connectivity index (χ3v) is 5.18. The average Bonchev–Trinajstić information content (AvgIpc) is 3.34. The zero-order valence-electron chi connectivity index (χ0n) is 15.5. The van der Waals surface area contributed by atoms with Gasteiger partial charge in [0, 0.05) is 44.5 Å². The summed E-state index contributed by atoms with van der Waals surface area (Å²) in [5.74, 6) is 0.891. The molecule has 0 saturated heterocycles. The number of nitrogens with one attached hydrogen (secondary N) is 2. The highest BCUT2D eigenvalue weighted by molar-refractivity contribution is 14.0. The van der Waals surface area contributed by atoms with E-state index in [1.54, 1.807) is 0 Å². The summed E-state index contributed by atoms with van der Waals surface area (Å²) in [5.41, 5.74) is 1.70. The van der Waals surface area contributed by atoms with Gasteiger partial charge in [0.1, 0.15) is 0 Å². The Hall–Kier alpha value is -1.57. The number of aromatic nitrogens is 2. The first-order valence-corrected chi connectivity index (χ1v) is 9.30. The topological polar surface area (TPSA) is 54.2 Å². The first-order valence-electron chi connectivity index (χ1n) is 9.30. The summed E-state index contributed by atoms with van der Waals surface area (Å²) in [6, 6.07) is 12.9. The Kier molecular flexibility index (Phi) is 8.41. The molecule has 26 heavy (non-hydrogen) atoms. The molecule has 0 amide bonds. The molecule has 0 radical (unpaired) electrons. The van der Waals surface area contributed by atoms with Crippen molar-refractivity contribution in [1.82, 2.24) is 20.4 Å². The van der Waals surface area contributed by atoms with Gasteiger partial charge in [-0.2, -0.15) is 5.10 Å². The van der Waals surface area contributed by atoms with E-state index in [9.17, 15) is 0 Å². The summed E-state index contributed by atoms with van der Waals surface area (Å²) in [5, 5.41) is 11.2. The Morgan fingerprint density at radius 2 is 1.92 bits per heavy atom. The minimum atomic E-state index is 0. The number of hydrogen-bond donors (Lipinski definition) is 2. The van der Waals surface area contributed by atoms with Crippen LogP contribution in [0, 0.1) is 0 Å². The molecule has 1 aliphatic carbocycles. The Labute approximate surface area is 173 Å². The van der Waals surface area contributed by atoms with Gasteiger partial charge in [0.15, 0.2) is 5.96 Å². The highest BCUT2D eigenvalue weighted by Crippen LogP contribution is 2.40. The van der Waals surface area contributed by atoms with Crippen molar-refractivity contribution >= 4 is 29.9 Å². The van der Waals surface area contributed by atoms with Gasteiger partial charge in [-0.05, 0) is 30.9 Å². The van der Waals surface area contributed by atoms with Crippen LogP contribution in [-0.2, 0) is 12.0 Å². The summed E-state index contributed by atoms with van der Waals surface area (Å²) >= 11 is 0. The molecular weight excluding hydrogens is 437 g/mol. The number of benzene rings is 1. The van der Waals surface area contributed by atoms with E-state index in [-0.39, 0.29) is 29.4 Å². The smallest absolute Gasteiger partial charge is 0.191 e. The third kappa shape index (κ3) is 5.46. The molecule has 1 saturated carbocycles. The van der Waals surface area contributed by atoms with Gasteiger partial charge in [0.25, 0.3) is 0 Å². The lowest BCUT2D eigenvalue weighted by Gasteiger charge is -2.30. The summed E-state index contributed by atoms with van der Waals surface area (Å²) in [7, 11) is 1.84. The maximum Gasteiger partial charge on any atom is 0.191 e. The Balaban J connectivity index is 0.00000243. The van der Waals surface area contributed by atoms with E-state index in [1.165, 1.54) is 31.2 Å². The number of guanidine groups is 1. The maximum atomic E-state index is 4.38. The van der Waals surface area contributed by atoms with Gasteiger partial charge < -0.3 is 10.6 Å². The van der Waals surface area contributed by atoms with Crippen LogP contribution in [-0.4, -0.2) is 35.9 Å². The zero-order chi connectivity index (χ0) is 17.4. The van der Waals surface area contributed by atoms with Crippen LogP contribution in [0.15, 0.2) is 53.8 Å². The van der Waals surface area contributed by atoms with Crippen LogP contribution < -0.4 is 10.6 Å². The predicted molar refractivity (Wildman–Crippen MR) is 118 cm³/mol. The van der Waals surface area contributed by atoms with Crippen LogP contribution in [0.1, 0.15) is 37.7 Å². The fourth-order valence-electron chi connectivity index (χ4n) is 3.77. The fourth-order valence-corrected chi connectivity index (χ4v) is 3.77. The molecule has 0 bridgehead atoms. The summed E-state index contributed by atoms with van der Waals surface area (Å²) in [6.45, 7) is 2.75. The number of hydrogen-bond acceptors (Lipinski definition) is 2. The number of rotatable bonds is 7. The Bertz CT molecular complexity index is 648. The molecule has 0 spiro atoms. The van der Waals surface area contributed by atoms with Crippen molar-refractivity contribution in [2.24, 2.45) is 4.99 Å². The summed E-state index contributed by atoms with van der Waals surface area (Å²) < 4.78 is 1.96. The molecule has 1 aliphatic rings. The molecular formula is C20H30IN5. The lowest BCUT2D eigenvalue weighted by atomic mass is 9.79. The number of nitrogens with zero attached hydrogens (tertiary/aromatic N) is 3. The molecule has 1 aromatic heterocycles. The molecule has 2 N–H and O–H groups in total. The molecule has 0 atom stereocenters. The van der Waals surface area contributed by atoms with Gasteiger partial charge in [-0.3, -0.25) is 9.67 Å². The largest absolute Gasteiger partial charge is 0.356 e. The molecule has 0 aliphatic heterocycles. The molecule has 1 heterocycles. The van der Waals surface area contributed by atoms with Crippen molar-refractivity contribution in [3.63, 3.8) is 0 Å². The van der Waals surface area contributed by atoms with Crippen molar-refractivity contribution < 1.29 is 0 Å². The molecule has 1 aromatic carbocycles.